The Labute approximate surface area is 99.7 Å². The number of nitrogens with two attached hydrogens (primary N) is 3. The molecule has 1 rings (SSSR count). The number of hydrogen-bond acceptors (Lipinski definition) is 7. The van der Waals surface area contributed by atoms with Crippen LogP contribution in [0.4, 0.5) is 11.4 Å². The lowest BCUT2D eigenvalue weighted by Crippen LogP contribution is -2.06. The Balaban J connectivity index is 0.00000121. The summed E-state index contributed by atoms with van der Waals surface area (Å²) in [5.74, 6) is 0.679. The lowest BCUT2D eigenvalue weighted by atomic mass is 10.2. The molecule has 0 aliphatic heterocycles. The number of benzene rings is 1. The predicted molar refractivity (Wildman–Crippen MR) is 65.7 cm³/mol. The van der Waals surface area contributed by atoms with E-state index in [1.807, 2.05) is 0 Å². The fourth-order valence-corrected chi connectivity index (χ4v) is 1.07. The average molecular weight is 245 g/mol. The molecule has 0 amide bonds. The van der Waals surface area contributed by atoms with Gasteiger partial charge in [0.1, 0.15) is 18.1 Å². The van der Waals surface area contributed by atoms with Crippen LogP contribution in [0.5, 0.6) is 11.5 Å². The van der Waals surface area contributed by atoms with E-state index in [0.29, 0.717) is 22.9 Å². The molecule has 1 aromatic rings. The number of nitrogen functional groups attached to an aromatic ring is 2. The van der Waals surface area contributed by atoms with Crippen LogP contribution < -0.4 is 26.7 Å². The van der Waals surface area contributed by atoms with Gasteiger partial charge in [-0.2, -0.15) is 0 Å². The Bertz CT molecular complexity index is 334. The van der Waals surface area contributed by atoms with E-state index >= 15 is 0 Å². The van der Waals surface area contributed by atoms with Gasteiger partial charge in [-0.05, 0) is 7.05 Å². The Morgan fingerprint density at radius 1 is 1.00 bits per heavy atom. The van der Waals surface area contributed by atoms with E-state index < -0.39 is 6.79 Å². The summed E-state index contributed by atoms with van der Waals surface area (Å²) in [4.78, 5) is 0. The van der Waals surface area contributed by atoms with Gasteiger partial charge in [-0.25, -0.2) is 0 Å². The summed E-state index contributed by atoms with van der Waals surface area (Å²) < 4.78 is 9.95. The van der Waals surface area contributed by atoms with Crippen LogP contribution >= 0.6 is 0 Å². The van der Waals surface area contributed by atoms with Gasteiger partial charge in [-0.15, -0.1) is 0 Å². The first kappa shape index (κ1) is 15.3. The maximum Gasteiger partial charge on any atom is 0.186 e. The smallest absolute Gasteiger partial charge is 0.186 e. The number of rotatable bonds is 5. The lowest BCUT2D eigenvalue weighted by molar-refractivity contribution is 0.0992. The van der Waals surface area contributed by atoms with E-state index in [4.69, 9.17) is 31.2 Å². The van der Waals surface area contributed by atoms with Gasteiger partial charge in [0.25, 0.3) is 0 Å². The highest BCUT2D eigenvalue weighted by Gasteiger charge is 2.07. The van der Waals surface area contributed by atoms with E-state index in [2.05, 4.69) is 5.73 Å². The largest absolute Gasteiger partial charge is 0.489 e. The molecular formula is C10H19N3O4. The molecule has 0 bridgehead atoms. The molecule has 0 saturated carbocycles. The molecule has 17 heavy (non-hydrogen) atoms. The first-order chi connectivity index (χ1) is 8.19. The van der Waals surface area contributed by atoms with Crippen molar-refractivity contribution in [2.75, 3.05) is 38.5 Å². The van der Waals surface area contributed by atoms with Crippen molar-refractivity contribution in [3.63, 3.8) is 0 Å². The molecule has 7 nitrogen and oxygen atoms in total. The molecule has 0 atom stereocenters. The zero-order valence-corrected chi connectivity index (χ0v) is 9.72. The van der Waals surface area contributed by atoms with Crippen molar-refractivity contribution in [1.82, 2.24) is 0 Å². The van der Waals surface area contributed by atoms with Crippen LogP contribution in [0.15, 0.2) is 12.1 Å². The van der Waals surface area contributed by atoms with E-state index in [1.54, 1.807) is 0 Å². The van der Waals surface area contributed by atoms with Crippen LogP contribution in [0.2, 0.25) is 0 Å². The van der Waals surface area contributed by atoms with Crippen molar-refractivity contribution in [2.45, 2.75) is 0 Å². The second-order valence-corrected chi connectivity index (χ2v) is 2.77. The fourth-order valence-electron chi connectivity index (χ4n) is 1.07. The van der Waals surface area contributed by atoms with Crippen molar-refractivity contribution in [1.29, 1.82) is 0 Å². The lowest BCUT2D eigenvalue weighted by Gasteiger charge is -2.11. The summed E-state index contributed by atoms with van der Waals surface area (Å²) in [7, 11) is 1.50. The summed E-state index contributed by atoms with van der Waals surface area (Å²) >= 11 is 0. The van der Waals surface area contributed by atoms with E-state index in [9.17, 15) is 0 Å². The molecule has 0 aromatic heterocycles. The second-order valence-electron chi connectivity index (χ2n) is 2.77. The summed E-state index contributed by atoms with van der Waals surface area (Å²) in [6.07, 6.45) is 0. The molecule has 0 fully saturated rings. The third-order valence-electron chi connectivity index (χ3n) is 1.71. The monoisotopic (exact) mass is 245 g/mol. The summed E-state index contributed by atoms with van der Waals surface area (Å²) in [5.41, 5.74) is 16.4. The summed E-state index contributed by atoms with van der Waals surface area (Å²) in [6.45, 7) is -0.432. The Kier molecular flexibility index (Phi) is 7.61. The van der Waals surface area contributed by atoms with Crippen molar-refractivity contribution < 1.29 is 19.7 Å². The van der Waals surface area contributed by atoms with Crippen LogP contribution in [-0.4, -0.2) is 37.3 Å². The quantitative estimate of drug-likeness (QED) is 0.335. The van der Waals surface area contributed by atoms with Crippen LogP contribution in [0.25, 0.3) is 0 Å². The fraction of sp³-hybridized carbons (Fsp3) is 0.400. The maximum absolute atomic E-state index is 8.57. The summed E-state index contributed by atoms with van der Waals surface area (Å²) in [5, 5.41) is 17.1. The molecule has 1 aromatic carbocycles. The molecule has 0 aliphatic rings. The van der Waals surface area contributed by atoms with Crippen LogP contribution in [0.1, 0.15) is 0 Å². The molecule has 0 aliphatic carbocycles. The first-order valence-corrected chi connectivity index (χ1v) is 4.93. The average Bonchev–Trinajstić information content (AvgIpc) is 2.34. The minimum absolute atomic E-state index is 0.103. The minimum Gasteiger partial charge on any atom is -0.489 e. The highest BCUT2D eigenvalue weighted by atomic mass is 16.6. The Morgan fingerprint density at radius 2 is 1.47 bits per heavy atom. The Hall–Kier alpha value is -1.70. The molecule has 0 radical (unpaired) electrons. The second kappa shape index (κ2) is 8.45. The number of anilines is 2. The highest BCUT2D eigenvalue weighted by Crippen LogP contribution is 2.32. The number of ether oxygens (including phenoxy) is 2. The van der Waals surface area contributed by atoms with E-state index in [1.165, 1.54) is 19.2 Å². The number of aliphatic hydroxyl groups is 2. The molecule has 8 N–H and O–H groups in total. The van der Waals surface area contributed by atoms with Crippen molar-refractivity contribution >= 4 is 11.4 Å². The predicted octanol–water partition coefficient (Wildman–Crippen LogP) is -0.874. The van der Waals surface area contributed by atoms with Gasteiger partial charge in [0.15, 0.2) is 6.79 Å². The highest BCUT2D eigenvalue weighted by molar-refractivity contribution is 5.67. The molecule has 0 unspecified atom stereocenters. The van der Waals surface area contributed by atoms with E-state index in [-0.39, 0.29) is 13.2 Å². The van der Waals surface area contributed by atoms with Gasteiger partial charge in [0.2, 0.25) is 0 Å². The van der Waals surface area contributed by atoms with Gasteiger partial charge < -0.3 is 36.9 Å². The zero-order valence-electron chi connectivity index (χ0n) is 9.72. The van der Waals surface area contributed by atoms with E-state index in [0.717, 1.165) is 0 Å². The van der Waals surface area contributed by atoms with Gasteiger partial charge >= 0.3 is 0 Å². The minimum atomic E-state index is -0.472. The Morgan fingerprint density at radius 3 is 1.88 bits per heavy atom. The number of hydrogen-bond donors (Lipinski definition) is 5. The third-order valence-corrected chi connectivity index (χ3v) is 1.71. The van der Waals surface area contributed by atoms with Crippen LogP contribution in [0, 0.1) is 0 Å². The molecule has 0 spiro atoms. The molecule has 0 saturated heterocycles. The third kappa shape index (κ3) is 4.77. The van der Waals surface area contributed by atoms with Gasteiger partial charge in [0.05, 0.1) is 18.0 Å². The molecule has 0 heterocycles. The van der Waals surface area contributed by atoms with Crippen LogP contribution in [-0.2, 0) is 0 Å². The summed E-state index contributed by atoms with van der Waals surface area (Å²) in [6, 6.07) is 2.94. The SMILES string of the molecule is CN.Nc1cc(OCCO)c(N)cc1OCO. The molecule has 7 heteroatoms. The van der Waals surface area contributed by atoms with Gasteiger partial charge in [0, 0.05) is 12.1 Å². The standard InChI is InChI=1S/C9H14N2O4.CH5N/c10-6-4-9(15-5-13)7(11)3-8(6)14-2-1-12;1-2/h3-4,12-13H,1-2,5,10-11H2;2H2,1H3. The van der Waals surface area contributed by atoms with Gasteiger partial charge in [-0.3, -0.25) is 0 Å². The van der Waals surface area contributed by atoms with Crippen molar-refractivity contribution in [3.8, 4) is 11.5 Å². The molecular weight excluding hydrogens is 226 g/mol. The van der Waals surface area contributed by atoms with Crippen LogP contribution in [0.3, 0.4) is 0 Å². The normalized spacial score (nSPS) is 9.18. The molecule has 98 valence electrons. The van der Waals surface area contributed by atoms with Crippen molar-refractivity contribution in [2.24, 2.45) is 5.73 Å². The first-order valence-electron chi connectivity index (χ1n) is 4.93. The number of aliphatic hydroxyl groups excluding tert-OH is 2. The van der Waals surface area contributed by atoms with Gasteiger partial charge in [-0.1, -0.05) is 0 Å². The van der Waals surface area contributed by atoms with Crippen molar-refractivity contribution in [3.05, 3.63) is 12.1 Å². The topological polar surface area (TPSA) is 137 Å². The maximum atomic E-state index is 8.57. The zero-order chi connectivity index (χ0) is 13.3.